The highest BCUT2D eigenvalue weighted by molar-refractivity contribution is 5.91. The Hall–Kier alpha value is -2.37. The number of nitrogens with two attached hydrogens (primary N) is 1. The van der Waals surface area contributed by atoms with Gasteiger partial charge in [-0.15, -0.1) is 0 Å². The van der Waals surface area contributed by atoms with Gasteiger partial charge in [-0.3, -0.25) is 14.4 Å². The fraction of sp³-hybridized carbons (Fsp3) is 0.500. The van der Waals surface area contributed by atoms with E-state index in [4.69, 9.17) is 5.73 Å². The van der Waals surface area contributed by atoms with Crippen molar-refractivity contribution in [3.63, 3.8) is 0 Å². The lowest BCUT2D eigenvalue weighted by Crippen LogP contribution is -2.51. The second-order valence-corrected chi connectivity index (χ2v) is 6.22. The number of likely N-dealkylation sites (tertiary alicyclic amines) is 1. The Morgan fingerprint density at radius 3 is 2.67 bits per heavy atom. The average molecular weight is 331 g/mol. The zero-order valence-electron chi connectivity index (χ0n) is 14.0. The number of carbonyl (C=O) groups excluding carboxylic acids is 3. The maximum atomic E-state index is 12.4. The van der Waals surface area contributed by atoms with Crippen molar-refractivity contribution in [3.05, 3.63) is 35.9 Å². The molecule has 1 heterocycles. The molecule has 6 heteroatoms. The highest BCUT2D eigenvalue weighted by Gasteiger charge is 2.34. The summed E-state index contributed by atoms with van der Waals surface area (Å²) in [5.74, 6) is -0.878. The van der Waals surface area contributed by atoms with E-state index in [0.717, 1.165) is 19.3 Å². The second kappa shape index (κ2) is 8.47. The Kier molecular flexibility index (Phi) is 6.35. The average Bonchev–Trinajstić information content (AvgIpc) is 3.05. The summed E-state index contributed by atoms with van der Waals surface area (Å²) in [6.07, 6.45) is 3.28. The SMILES string of the molecule is C[C@H](NC(=O)CCCc1ccccc1)C(=O)N1CCCC1C(N)=O. The molecule has 130 valence electrons. The van der Waals surface area contributed by atoms with Crippen LogP contribution >= 0.6 is 0 Å². The molecule has 3 N–H and O–H groups in total. The van der Waals surface area contributed by atoms with Gasteiger partial charge in [-0.05, 0) is 38.2 Å². The lowest BCUT2D eigenvalue weighted by atomic mass is 10.1. The van der Waals surface area contributed by atoms with E-state index < -0.39 is 18.0 Å². The number of hydrogen-bond acceptors (Lipinski definition) is 3. The molecule has 1 saturated heterocycles. The molecule has 0 aliphatic carbocycles. The number of amides is 3. The topological polar surface area (TPSA) is 92.5 Å². The first-order valence-electron chi connectivity index (χ1n) is 8.42. The van der Waals surface area contributed by atoms with E-state index in [1.165, 1.54) is 10.5 Å². The first kappa shape index (κ1) is 18.0. The number of nitrogens with zero attached hydrogens (tertiary/aromatic N) is 1. The van der Waals surface area contributed by atoms with Crippen LogP contribution < -0.4 is 11.1 Å². The molecule has 0 aromatic heterocycles. The molecule has 0 radical (unpaired) electrons. The lowest BCUT2D eigenvalue weighted by Gasteiger charge is -2.25. The van der Waals surface area contributed by atoms with Crippen LogP contribution in [0.15, 0.2) is 30.3 Å². The molecule has 1 aliphatic rings. The first-order chi connectivity index (χ1) is 11.5. The van der Waals surface area contributed by atoms with E-state index >= 15 is 0 Å². The minimum Gasteiger partial charge on any atom is -0.368 e. The van der Waals surface area contributed by atoms with E-state index in [-0.39, 0.29) is 11.8 Å². The van der Waals surface area contributed by atoms with Gasteiger partial charge in [0.1, 0.15) is 12.1 Å². The van der Waals surface area contributed by atoms with Crippen molar-refractivity contribution in [3.8, 4) is 0 Å². The van der Waals surface area contributed by atoms with Crippen LogP contribution in [0.1, 0.15) is 38.2 Å². The predicted octanol–water partition coefficient (Wildman–Crippen LogP) is 0.990. The molecule has 2 rings (SSSR count). The Morgan fingerprint density at radius 1 is 1.29 bits per heavy atom. The Morgan fingerprint density at radius 2 is 2.00 bits per heavy atom. The maximum absolute atomic E-state index is 12.4. The summed E-state index contributed by atoms with van der Waals surface area (Å²) < 4.78 is 0. The first-order valence-corrected chi connectivity index (χ1v) is 8.42. The minimum atomic E-state index is -0.644. The highest BCUT2D eigenvalue weighted by Crippen LogP contribution is 2.18. The molecule has 1 aromatic carbocycles. The summed E-state index contributed by atoms with van der Waals surface area (Å²) in [6, 6.07) is 8.77. The molecule has 0 bridgehead atoms. The summed E-state index contributed by atoms with van der Waals surface area (Å²) in [7, 11) is 0. The van der Waals surface area contributed by atoms with Crippen molar-refractivity contribution in [1.29, 1.82) is 0 Å². The predicted molar refractivity (Wildman–Crippen MR) is 90.9 cm³/mol. The van der Waals surface area contributed by atoms with Gasteiger partial charge < -0.3 is 16.0 Å². The van der Waals surface area contributed by atoms with Gasteiger partial charge in [0, 0.05) is 13.0 Å². The number of carbonyl (C=O) groups is 3. The Balaban J connectivity index is 1.76. The standard InChI is InChI=1S/C18H25N3O3/c1-13(18(24)21-12-6-10-15(21)17(19)23)20-16(22)11-5-9-14-7-3-2-4-8-14/h2-4,7-8,13,15H,5-6,9-12H2,1H3,(H2,19,23)(H,20,22)/t13-,15?/m0/s1. The molecule has 1 unspecified atom stereocenters. The van der Waals surface area contributed by atoms with Crippen LogP contribution in [0.3, 0.4) is 0 Å². The van der Waals surface area contributed by atoms with Crippen molar-refractivity contribution in [1.82, 2.24) is 10.2 Å². The highest BCUT2D eigenvalue weighted by atomic mass is 16.2. The lowest BCUT2D eigenvalue weighted by molar-refractivity contribution is -0.140. The van der Waals surface area contributed by atoms with Crippen molar-refractivity contribution < 1.29 is 14.4 Å². The number of hydrogen-bond donors (Lipinski definition) is 2. The molecule has 0 spiro atoms. The van der Waals surface area contributed by atoms with Gasteiger partial charge in [-0.1, -0.05) is 30.3 Å². The third kappa shape index (κ3) is 4.81. The van der Waals surface area contributed by atoms with Gasteiger partial charge in [-0.2, -0.15) is 0 Å². The van der Waals surface area contributed by atoms with Crippen LogP contribution in [0.5, 0.6) is 0 Å². The molecule has 3 amide bonds. The summed E-state index contributed by atoms with van der Waals surface area (Å²) in [6.45, 7) is 2.16. The largest absolute Gasteiger partial charge is 0.368 e. The summed E-state index contributed by atoms with van der Waals surface area (Å²) >= 11 is 0. The summed E-state index contributed by atoms with van der Waals surface area (Å²) in [4.78, 5) is 37.3. The van der Waals surface area contributed by atoms with E-state index in [0.29, 0.717) is 19.4 Å². The van der Waals surface area contributed by atoms with Crippen molar-refractivity contribution in [2.24, 2.45) is 5.73 Å². The summed E-state index contributed by atoms with van der Waals surface area (Å²) in [5.41, 5.74) is 6.52. The maximum Gasteiger partial charge on any atom is 0.245 e. The Labute approximate surface area is 142 Å². The van der Waals surface area contributed by atoms with Crippen LogP contribution in [0.4, 0.5) is 0 Å². The zero-order chi connectivity index (χ0) is 17.5. The minimum absolute atomic E-state index is 0.151. The molecular formula is C18H25N3O3. The van der Waals surface area contributed by atoms with Crippen molar-refractivity contribution >= 4 is 17.7 Å². The number of rotatable bonds is 7. The third-order valence-corrected chi connectivity index (χ3v) is 4.32. The van der Waals surface area contributed by atoms with Gasteiger partial charge in [0.15, 0.2) is 0 Å². The number of primary amides is 1. The molecule has 1 fully saturated rings. The molecule has 0 saturated carbocycles. The number of nitrogens with one attached hydrogen (secondary N) is 1. The van der Waals surface area contributed by atoms with Crippen LogP contribution in [0, 0.1) is 0 Å². The van der Waals surface area contributed by atoms with Gasteiger partial charge >= 0.3 is 0 Å². The number of aryl methyl sites for hydroxylation is 1. The summed E-state index contributed by atoms with van der Waals surface area (Å²) in [5, 5.41) is 2.72. The van der Waals surface area contributed by atoms with Crippen molar-refractivity contribution in [2.75, 3.05) is 6.54 Å². The fourth-order valence-electron chi connectivity index (χ4n) is 3.05. The smallest absolute Gasteiger partial charge is 0.245 e. The fourth-order valence-corrected chi connectivity index (χ4v) is 3.05. The number of benzene rings is 1. The molecule has 1 aromatic rings. The van der Waals surface area contributed by atoms with E-state index in [1.807, 2.05) is 30.3 Å². The third-order valence-electron chi connectivity index (χ3n) is 4.32. The second-order valence-electron chi connectivity index (χ2n) is 6.22. The van der Waals surface area contributed by atoms with Crippen LogP contribution in [0.25, 0.3) is 0 Å². The van der Waals surface area contributed by atoms with E-state index in [9.17, 15) is 14.4 Å². The van der Waals surface area contributed by atoms with Crippen LogP contribution in [-0.4, -0.2) is 41.2 Å². The molecule has 24 heavy (non-hydrogen) atoms. The molecule has 6 nitrogen and oxygen atoms in total. The van der Waals surface area contributed by atoms with Gasteiger partial charge in [0.25, 0.3) is 0 Å². The quantitative estimate of drug-likeness (QED) is 0.780. The molecule has 2 atom stereocenters. The van der Waals surface area contributed by atoms with Gasteiger partial charge in [0.05, 0.1) is 0 Å². The normalized spacial score (nSPS) is 18.2. The monoisotopic (exact) mass is 331 g/mol. The zero-order valence-corrected chi connectivity index (χ0v) is 14.0. The molecule has 1 aliphatic heterocycles. The van der Waals surface area contributed by atoms with Gasteiger partial charge in [0.2, 0.25) is 17.7 Å². The van der Waals surface area contributed by atoms with Crippen LogP contribution in [-0.2, 0) is 20.8 Å². The van der Waals surface area contributed by atoms with E-state index in [1.54, 1.807) is 6.92 Å². The van der Waals surface area contributed by atoms with Crippen molar-refractivity contribution in [2.45, 2.75) is 51.1 Å². The van der Waals surface area contributed by atoms with Gasteiger partial charge in [-0.25, -0.2) is 0 Å². The van der Waals surface area contributed by atoms with E-state index in [2.05, 4.69) is 5.32 Å². The van der Waals surface area contributed by atoms with Crippen LogP contribution in [0.2, 0.25) is 0 Å². The molecular weight excluding hydrogens is 306 g/mol. The Bertz CT molecular complexity index is 588.